The Labute approximate surface area is 130 Å². The molecule has 0 saturated heterocycles. The van der Waals surface area contributed by atoms with Gasteiger partial charge in [-0.3, -0.25) is 4.79 Å². The molecule has 0 aliphatic heterocycles. The molecule has 0 unspecified atom stereocenters. The number of amides is 1. The molecule has 0 spiro atoms. The van der Waals surface area contributed by atoms with Crippen molar-refractivity contribution in [1.29, 1.82) is 0 Å². The first-order valence-electron chi connectivity index (χ1n) is 7.21. The summed E-state index contributed by atoms with van der Waals surface area (Å²) in [5, 5.41) is 4.00. The minimum absolute atomic E-state index is 0.0664. The van der Waals surface area contributed by atoms with Crippen LogP contribution in [0.1, 0.15) is 45.3 Å². The maximum atomic E-state index is 12.4. The van der Waals surface area contributed by atoms with E-state index in [9.17, 15) is 4.79 Å². The second kappa shape index (κ2) is 6.39. The second-order valence-corrected chi connectivity index (χ2v) is 6.96. The number of aromatic nitrogens is 1. The Balaban J connectivity index is 2.16. The number of hydrogen-bond donors (Lipinski definition) is 1. The van der Waals surface area contributed by atoms with Crippen LogP contribution in [0.25, 0.3) is 0 Å². The number of benzene rings is 1. The van der Waals surface area contributed by atoms with Gasteiger partial charge in [0.1, 0.15) is 4.88 Å². The normalized spacial score (nSPS) is 11.0. The van der Waals surface area contributed by atoms with Gasteiger partial charge < -0.3 is 5.32 Å². The summed E-state index contributed by atoms with van der Waals surface area (Å²) in [6.45, 7) is 10.3. The van der Waals surface area contributed by atoms with Gasteiger partial charge in [-0.15, -0.1) is 11.3 Å². The summed E-state index contributed by atoms with van der Waals surface area (Å²) in [6, 6.07) is 5.96. The molecule has 0 bridgehead atoms. The SMILES string of the molecule is Cc1ccc(NC(=O)c2sc(CC(C)C)nc2C)cc1C. The average Bonchev–Trinajstić information content (AvgIpc) is 2.74. The number of nitrogens with zero attached hydrogens (tertiary/aromatic N) is 1. The van der Waals surface area contributed by atoms with Crippen molar-refractivity contribution in [2.45, 2.75) is 41.0 Å². The molecule has 0 atom stereocenters. The number of rotatable bonds is 4. The molecule has 1 N–H and O–H groups in total. The molecule has 0 saturated carbocycles. The van der Waals surface area contributed by atoms with Crippen LogP contribution < -0.4 is 5.32 Å². The van der Waals surface area contributed by atoms with E-state index in [0.29, 0.717) is 10.8 Å². The monoisotopic (exact) mass is 302 g/mol. The van der Waals surface area contributed by atoms with Crippen molar-refractivity contribution < 1.29 is 4.79 Å². The minimum atomic E-state index is -0.0664. The number of hydrogen-bond acceptors (Lipinski definition) is 3. The summed E-state index contributed by atoms with van der Waals surface area (Å²) >= 11 is 1.50. The summed E-state index contributed by atoms with van der Waals surface area (Å²) in [5.74, 6) is 0.481. The third kappa shape index (κ3) is 3.91. The van der Waals surface area contributed by atoms with Crippen LogP contribution in [0.4, 0.5) is 5.69 Å². The fraction of sp³-hybridized carbons (Fsp3) is 0.412. The van der Waals surface area contributed by atoms with Crippen molar-refractivity contribution in [3.63, 3.8) is 0 Å². The van der Waals surface area contributed by atoms with Crippen LogP contribution >= 0.6 is 11.3 Å². The molecule has 2 rings (SSSR count). The van der Waals surface area contributed by atoms with Gasteiger partial charge in [0.15, 0.2) is 0 Å². The fourth-order valence-electron chi connectivity index (χ4n) is 2.11. The van der Waals surface area contributed by atoms with E-state index in [4.69, 9.17) is 0 Å². The van der Waals surface area contributed by atoms with Crippen LogP contribution in [0.2, 0.25) is 0 Å². The maximum Gasteiger partial charge on any atom is 0.267 e. The Morgan fingerprint density at radius 3 is 2.57 bits per heavy atom. The second-order valence-electron chi connectivity index (χ2n) is 5.87. The van der Waals surface area contributed by atoms with Crippen molar-refractivity contribution in [2.75, 3.05) is 5.32 Å². The van der Waals surface area contributed by atoms with Crippen LogP contribution in [0, 0.1) is 26.7 Å². The molecule has 3 nitrogen and oxygen atoms in total. The first-order chi connectivity index (χ1) is 9.86. The Morgan fingerprint density at radius 1 is 1.24 bits per heavy atom. The predicted molar refractivity (Wildman–Crippen MR) is 89.3 cm³/mol. The zero-order valence-electron chi connectivity index (χ0n) is 13.3. The molecule has 1 aromatic heterocycles. The summed E-state index contributed by atoms with van der Waals surface area (Å²) in [5.41, 5.74) is 4.05. The summed E-state index contributed by atoms with van der Waals surface area (Å²) in [4.78, 5) is 17.6. The maximum absolute atomic E-state index is 12.4. The first-order valence-corrected chi connectivity index (χ1v) is 8.03. The predicted octanol–water partition coefficient (Wildman–Crippen LogP) is 4.52. The highest BCUT2D eigenvalue weighted by Crippen LogP contribution is 2.22. The van der Waals surface area contributed by atoms with Crippen LogP contribution in [0.5, 0.6) is 0 Å². The highest BCUT2D eigenvalue weighted by atomic mass is 32.1. The molecule has 4 heteroatoms. The molecule has 2 aromatic rings. The van der Waals surface area contributed by atoms with E-state index in [1.807, 2.05) is 32.0 Å². The summed E-state index contributed by atoms with van der Waals surface area (Å²) in [6.07, 6.45) is 0.919. The third-order valence-corrected chi connectivity index (χ3v) is 4.57. The molecule has 0 fully saturated rings. The molecule has 1 amide bonds. The van der Waals surface area contributed by atoms with E-state index >= 15 is 0 Å². The highest BCUT2D eigenvalue weighted by Gasteiger charge is 2.16. The highest BCUT2D eigenvalue weighted by molar-refractivity contribution is 7.13. The molecular weight excluding hydrogens is 280 g/mol. The average molecular weight is 302 g/mol. The lowest BCUT2D eigenvalue weighted by molar-refractivity contribution is 0.103. The fourth-order valence-corrected chi connectivity index (χ4v) is 3.28. The van der Waals surface area contributed by atoms with E-state index in [2.05, 4.69) is 31.1 Å². The Bertz CT molecular complexity index is 659. The number of anilines is 1. The quantitative estimate of drug-likeness (QED) is 0.902. The van der Waals surface area contributed by atoms with Gasteiger partial charge in [-0.1, -0.05) is 19.9 Å². The van der Waals surface area contributed by atoms with Crippen molar-refractivity contribution in [3.05, 3.63) is 44.9 Å². The number of nitrogens with one attached hydrogen (secondary N) is 1. The van der Waals surface area contributed by atoms with Crippen LogP contribution in [-0.2, 0) is 6.42 Å². The molecule has 21 heavy (non-hydrogen) atoms. The smallest absolute Gasteiger partial charge is 0.267 e. The van der Waals surface area contributed by atoms with Gasteiger partial charge in [-0.25, -0.2) is 4.98 Å². The first kappa shape index (κ1) is 15.7. The van der Waals surface area contributed by atoms with E-state index in [0.717, 1.165) is 22.8 Å². The van der Waals surface area contributed by atoms with Crippen molar-refractivity contribution >= 4 is 22.9 Å². The largest absolute Gasteiger partial charge is 0.321 e. The molecule has 0 aliphatic rings. The van der Waals surface area contributed by atoms with Gasteiger partial charge in [-0.05, 0) is 49.9 Å². The van der Waals surface area contributed by atoms with Crippen molar-refractivity contribution in [3.8, 4) is 0 Å². The molecule has 1 heterocycles. The zero-order chi connectivity index (χ0) is 15.6. The third-order valence-electron chi connectivity index (χ3n) is 3.39. The summed E-state index contributed by atoms with van der Waals surface area (Å²) < 4.78 is 0. The van der Waals surface area contributed by atoms with Crippen molar-refractivity contribution in [1.82, 2.24) is 4.98 Å². The van der Waals surface area contributed by atoms with Crippen LogP contribution in [-0.4, -0.2) is 10.9 Å². The van der Waals surface area contributed by atoms with E-state index in [1.165, 1.54) is 22.5 Å². The molecule has 1 aromatic carbocycles. The summed E-state index contributed by atoms with van der Waals surface area (Å²) in [7, 11) is 0. The number of aryl methyl sites for hydroxylation is 3. The van der Waals surface area contributed by atoms with Crippen molar-refractivity contribution in [2.24, 2.45) is 5.92 Å². The van der Waals surface area contributed by atoms with Gasteiger partial charge in [-0.2, -0.15) is 0 Å². The molecular formula is C17H22N2OS. The molecule has 112 valence electrons. The Morgan fingerprint density at radius 2 is 1.95 bits per heavy atom. The molecule has 0 aliphatic carbocycles. The van der Waals surface area contributed by atoms with Crippen LogP contribution in [0.15, 0.2) is 18.2 Å². The number of carbonyl (C=O) groups excluding carboxylic acids is 1. The van der Waals surface area contributed by atoms with Gasteiger partial charge in [0.25, 0.3) is 5.91 Å². The number of carbonyl (C=O) groups is 1. The van der Waals surface area contributed by atoms with E-state index < -0.39 is 0 Å². The standard InChI is InChI=1S/C17H22N2OS/c1-10(2)8-15-18-13(5)16(21-15)17(20)19-14-7-6-11(3)12(4)9-14/h6-7,9-10H,8H2,1-5H3,(H,19,20). The van der Waals surface area contributed by atoms with Gasteiger partial charge in [0.05, 0.1) is 10.7 Å². The van der Waals surface area contributed by atoms with Crippen LogP contribution in [0.3, 0.4) is 0 Å². The zero-order valence-corrected chi connectivity index (χ0v) is 14.1. The Hall–Kier alpha value is -1.68. The lowest BCUT2D eigenvalue weighted by Crippen LogP contribution is -2.11. The topological polar surface area (TPSA) is 42.0 Å². The number of thiazole rings is 1. The van der Waals surface area contributed by atoms with E-state index in [1.54, 1.807) is 0 Å². The lowest BCUT2D eigenvalue weighted by Gasteiger charge is -2.06. The lowest BCUT2D eigenvalue weighted by atomic mass is 10.1. The van der Waals surface area contributed by atoms with E-state index in [-0.39, 0.29) is 5.91 Å². The van der Waals surface area contributed by atoms with Gasteiger partial charge in [0, 0.05) is 12.1 Å². The minimum Gasteiger partial charge on any atom is -0.321 e. The van der Waals surface area contributed by atoms with Gasteiger partial charge in [0.2, 0.25) is 0 Å². The molecule has 0 radical (unpaired) electrons. The Kier molecular flexibility index (Phi) is 4.78. The van der Waals surface area contributed by atoms with Gasteiger partial charge >= 0.3 is 0 Å².